The molecule has 0 N–H and O–H groups in total. The number of aryl methyl sites for hydroxylation is 3. The fraction of sp³-hybridized carbons (Fsp3) is 0.450. The Bertz CT molecular complexity index is 973. The number of likely N-dealkylation sites (tertiary alicyclic amines) is 1. The summed E-state index contributed by atoms with van der Waals surface area (Å²) in [7, 11) is 1.82. The second-order valence-electron chi connectivity index (χ2n) is 7.46. The smallest absolute Gasteiger partial charge is 0.257 e. The van der Waals surface area contributed by atoms with Gasteiger partial charge in [0.15, 0.2) is 0 Å². The van der Waals surface area contributed by atoms with Crippen molar-refractivity contribution in [2.75, 3.05) is 13.1 Å². The molecule has 1 aliphatic heterocycles. The van der Waals surface area contributed by atoms with Crippen LogP contribution in [0.4, 0.5) is 0 Å². The zero-order valence-corrected chi connectivity index (χ0v) is 16.4. The van der Waals surface area contributed by atoms with Gasteiger partial charge in [0.05, 0.1) is 28.7 Å². The number of carbonyl (C=O) groups excluding carboxylic acids is 1. The summed E-state index contributed by atoms with van der Waals surface area (Å²) in [6.45, 7) is 5.33. The molecule has 146 valence electrons. The van der Waals surface area contributed by atoms with Gasteiger partial charge in [-0.05, 0) is 45.1 Å². The summed E-state index contributed by atoms with van der Waals surface area (Å²) >= 11 is 0. The number of carbonyl (C=O) groups is 1. The molecule has 0 unspecified atom stereocenters. The van der Waals surface area contributed by atoms with E-state index in [2.05, 4.69) is 20.2 Å². The van der Waals surface area contributed by atoms with Crippen LogP contribution in [-0.4, -0.2) is 48.8 Å². The van der Waals surface area contributed by atoms with Crippen LogP contribution in [-0.2, 0) is 13.5 Å². The van der Waals surface area contributed by atoms with Gasteiger partial charge in [0.2, 0.25) is 0 Å². The van der Waals surface area contributed by atoms with Crippen LogP contribution >= 0.6 is 0 Å². The highest BCUT2D eigenvalue weighted by molar-refractivity contribution is 5.93. The van der Waals surface area contributed by atoms with E-state index in [0.717, 1.165) is 60.8 Å². The number of rotatable bonds is 4. The minimum absolute atomic E-state index is 0.0527. The van der Waals surface area contributed by atoms with Crippen molar-refractivity contribution in [3.8, 4) is 11.3 Å². The molecule has 0 saturated carbocycles. The molecule has 8 nitrogen and oxygen atoms in total. The number of aromatic nitrogens is 5. The maximum Gasteiger partial charge on any atom is 0.257 e. The Morgan fingerprint density at radius 2 is 2.18 bits per heavy atom. The van der Waals surface area contributed by atoms with Crippen molar-refractivity contribution in [2.24, 2.45) is 13.0 Å². The summed E-state index contributed by atoms with van der Waals surface area (Å²) in [5.41, 5.74) is 4.21. The SMILES string of the molecule is Cc1noc(C)c1-c1cc(C[C@H]2CCCN(C(=O)c3cnn(C)c3)C2)ncn1. The van der Waals surface area contributed by atoms with Crippen molar-refractivity contribution in [3.63, 3.8) is 0 Å². The van der Waals surface area contributed by atoms with Gasteiger partial charge in [0.25, 0.3) is 5.91 Å². The van der Waals surface area contributed by atoms with E-state index in [-0.39, 0.29) is 5.91 Å². The quantitative estimate of drug-likeness (QED) is 0.691. The molecule has 8 heteroatoms. The third-order valence-corrected chi connectivity index (χ3v) is 5.27. The lowest BCUT2D eigenvalue weighted by atomic mass is 9.92. The Morgan fingerprint density at radius 3 is 2.89 bits per heavy atom. The van der Waals surface area contributed by atoms with Crippen LogP contribution in [0.5, 0.6) is 0 Å². The molecule has 1 fully saturated rings. The molecule has 3 aromatic heterocycles. The van der Waals surface area contributed by atoms with Crippen LogP contribution in [0.2, 0.25) is 0 Å². The maximum atomic E-state index is 12.7. The first-order chi connectivity index (χ1) is 13.5. The molecular weight excluding hydrogens is 356 g/mol. The summed E-state index contributed by atoms with van der Waals surface area (Å²) in [6, 6.07) is 2.01. The number of hydrogen-bond acceptors (Lipinski definition) is 6. The molecular formula is C20H24N6O2. The van der Waals surface area contributed by atoms with E-state index in [0.29, 0.717) is 11.5 Å². The van der Waals surface area contributed by atoms with E-state index in [1.54, 1.807) is 23.4 Å². The number of hydrogen-bond donors (Lipinski definition) is 0. The molecule has 0 aromatic carbocycles. The van der Waals surface area contributed by atoms with Crippen LogP contribution in [0.1, 0.15) is 40.3 Å². The Labute approximate surface area is 163 Å². The molecule has 1 saturated heterocycles. The van der Waals surface area contributed by atoms with Gasteiger partial charge in [0, 0.05) is 32.0 Å². The second-order valence-corrected chi connectivity index (χ2v) is 7.46. The maximum absolute atomic E-state index is 12.7. The molecule has 3 aromatic rings. The molecule has 28 heavy (non-hydrogen) atoms. The van der Waals surface area contributed by atoms with Crippen molar-refractivity contribution in [3.05, 3.63) is 47.5 Å². The molecule has 0 bridgehead atoms. The van der Waals surface area contributed by atoms with Crippen LogP contribution < -0.4 is 0 Å². The van der Waals surface area contributed by atoms with E-state index in [9.17, 15) is 4.79 Å². The molecule has 0 aliphatic carbocycles. The molecule has 1 atom stereocenters. The largest absolute Gasteiger partial charge is 0.361 e. The predicted octanol–water partition coefficient (Wildman–Crippen LogP) is 2.58. The van der Waals surface area contributed by atoms with E-state index >= 15 is 0 Å². The van der Waals surface area contributed by atoms with Crippen molar-refractivity contribution in [1.82, 2.24) is 29.8 Å². The Morgan fingerprint density at radius 1 is 1.32 bits per heavy atom. The van der Waals surface area contributed by atoms with Gasteiger partial charge in [-0.25, -0.2) is 9.97 Å². The van der Waals surface area contributed by atoms with Crippen molar-refractivity contribution in [1.29, 1.82) is 0 Å². The first kappa shape index (κ1) is 18.3. The fourth-order valence-corrected chi connectivity index (χ4v) is 3.92. The monoisotopic (exact) mass is 380 g/mol. The highest BCUT2D eigenvalue weighted by Gasteiger charge is 2.26. The van der Waals surface area contributed by atoms with Gasteiger partial charge in [-0.2, -0.15) is 5.10 Å². The van der Waals surface area contributed by atoms with Gasteiger partial charge < -0.3 is 9.42 Å². The molecule has 4 rings (SSSR count). The average molecular weight is 380 g/mol. The first-order valence-corrected chi connectivity index (χ1v) is 9.53. The van der Waals surface area contributed by atoms with Gasteiger partial charge in [0.1, 0.15) is 12.1 Å². The molecule has 0 spiro atoms. The van der Waals surface area contributed by atoms with Crippen LogP contribution in [0.3, 0.4) is 0 Å². The number of piperidine rings is 1. The summed E-state index contributed by atoms with van der Waals surface area (Å²) in [4.78, 5) is 23.5. The minimum atomic E-state index is 0.0527. The summed E-state index contributed by atoms with van der Waals surface area (Å²) < 4.78 is 6.92. The van der Waals surface area contributed by atoms with Crippen LogP contribution in [0.25, 0.3) is 11.3 Å². The minimum Gasteiger partial charge on any atom is -0.361 e. The second kappa shape index (κ2) is 7.53. The van der Waals surface area contributed by atoms with Gasteiger partial charge in [-0.3, -0.25) is 9.48 Å². The highest BCUT2D eigenvalue weighted by Crippen LogP contribution is 2.27. The lowest BCUT2D eigenvalue weighted by Gasteiger charge is -2.32. The Kier molecular flexibility index (Phi) is 4.93. The first-order valence-electron chi connectivity index (χ1n) is 9.53. The Hall–Kier alpha value is -3.03. The third kappa shape index (κ3) is 3.67. The van der Waals surface area contributed by atoms with Gasteiger partial charge in [-0.15, -0.1) is 0 Å². The zero-order valence-electron chi connectivity index (χ0n) is 16.4. The normalized spacial score (nSPS) is 17.1. The standard InChI is InChI=1S/C20H24N6O2/c1-13-19(14(2)28-24-13)18-8-17(21-12-22-18)7-15-5-4-6-26(10-15)20(27)16-9-23-25(3)11-16/h8-9,11-12,15H,4-7,10H2,1-3H3/t15-/m1/s1. The average Bonchev–Trinajstić information content (AvgIpc) is 3.27. The molecule has 1 amide bonds. The Balaban J connectivity index is 1.47. The molecule has 4 heterocycles. The van der Waals surface area contributed by atoms with Crippen LogP contribution in [0, 0.1) is 19.8 Å². The topological polar surface area (TPSA) is 89.9 Å². The van der Waals surface area contributed by atoms with E-state index in [4.69, 9.17) is 4.52 Å². The van der Waals surface area contributed by atoms with Gasteiger partial charge in [-0.1, -0.05) is 5.16 Å². The zero-order chi connectivity index (χ0) is 19.7. The molecule has 0 radical (unpaired) electrons. The number of amides is 1. The lowest BCUT2D eigenvalue weighted by Crippen LogP contribution is -2.40. The van der Waals surface area contributed by atoms with Crippen molar-refractivity contribution in [2.45, 2.75) is 33.1 Å². The van der Waals surface area contributed by atoms with Crippen LogP contribution in [0.15, 0.2) is 29.3 Å². The van der Waals surface area contributed by atoms with E-state index in [1.165, 1.54) is 0 Å². The lowest BCUT2D eigenvalue weighted by molar-refractivity contribution is 0.0672. The van der Waals surface area contributed by atoms with Crippen molar-refractivity contribution < 1.29 is 9.32 Å². The summed E-state index contributed by atoms with van der Waals surface area (Å²) in [5.74, 6) is 1.19. The molecule has 1 aliphatic rings. The van der Waals surface area contributed by atoms with Gasteiger partial charge >= 0.3 is 0 Å². The third-order valence-electron chi connectivity index (χ3n) is 5.27. The van der Waals surface area contributed by atoms with E-state index < -0.39 is 0 Å². The highest BCUT2D eigenvalue weighted by atomic mass is 16.5. The van der Waals surface area contributed by atoms with Crippen molar-refractivity contribution >= 4 is 5.91 Å². The summed E-state index contributed by atoms with van der Waals surface area (Å²) in [5, 5.41) is 8.12. The number of nitrogens with zero attached hydrogens (tertiary/aromatic N) is 6. The fourth-order valence-electron chi connectivity index (χ4n) is 3.92. The summed E-state index contributed by atoms with van der Waals surface area (Å²) in [6.07, 6.45) is 7.89. The predicted molar refractivity (Wildman–Crippen MR) is 103 cm³/mol. The van der Waals surface area contributed by atoms with E-state index in [1.807, 2.05) is 31.9 Å².